The number of rotatable bonds is 6. The number of hydrogen-bond acceptors (Lipinski definition) is 3. The average Bonchev–Trinajstić information content (AvgIpc) is 2.69. The van der Waals surface area contributed by atoms with Crippen molar-refractivity contribution in [2.24, 2.45) is 0 Å². The molecule has 0 saturated heterocycles. The van der Waals surface area contributed by atoms with Crippen LogP contribution in [-0.2, 0) is 11.3 Å². The summed E-state index contributed by atoms with van der Waals surface area (Å²) in [5.41, 5.74) is 2.10. The van der Waals surface area contributed by atoms with Crippen LogP contribution in [0.5, 0.6) is 0 Å². The fourth-order valence-electron chi connectivity index (χ4n) is 2.56. The lowest BCUT2D eigenvalue weighted by Crippen LogP contribution is -2.23. The van der Waals surface area contributed by atoms with Crippen LogP contribution < -0.4 is 10.6 Å². The lowest BCUT2D eigenvalue weighted by Gasteiger charge is -2.12. The van der Waals surface area contributed by atoms with Crippen molar-refractivity contribution in [2.75, 3.05) is 5.32 Å². The zero-order valence-electron chi connectivity index (χ0n) is 15.2. The highest BCUT2D eigenvalue weighted by molar-refractivity contribution is 7.99. The molecule has 0 aliphatic rings. The highest BCUT2D eigenvalue weighted by Crippen LogP contribution is 2.34. The summed E-state index contributed by atoms with van der Waals surface area (Å²) in [4.78, 5) is 26.0. The Balaban J connectivity index is 1.78. The molecule has 2 amide bonds. The molecule has 2 N–H and O–H groups in total. The van der Waals surface area contributed by atoms with E-state index in [4.69, 9.17) is 11.6 Å². The first-order chi connectivity index (χ1) is 13.5. The molecule has 0 fully saturated rings. The molecule has 142 valence electrons. The fraction of sp³-hybridized carbons (Fsp3) is 0.0909. The molecule has 0 unspecified atom stereocenters. The SMILES string of the molecule is CC(=O)Nc1cc(C(=O)NCc2ccccc2)ccc1Sc1ccc(Cl)cc1. The molecule has 0 aliphatic heterocycles. The van der Waals surface area contributed by atoms with Gasteiger partial charge in [0.2, 0.25) is 5.91 Å². The smallest absolute Gasteiger partial charge is 0.251 e. The van der Waals surface area contributed by atoms with E-state index in [-0.39, 0.29) is 11.8 Å². The minimum atomic E-state index is -0.196. The summed E-state index contributed by atoms with van der Waals surface area (Å²) in [5, 5.41) is 6.37. The predicted molar refractivity (Wildman–Crippen MR) is 114 cm³/mol. The van der Waals surface area contributed by atoms with Crippen molar-refractivity contribution in [3.05, 3.63) is 88.9 Å². The zero-order chi connectivity index (χ0) is 19.9. The van der Waals surface area contributed by atoms with Crippen LogP contribution in [0.15, 0.2) is 82.6 Å². The number of halogens is 1. The van der Waals surface area contributed by atoms with Crippen molar-refractivity contribution in [3.63, 3.8) is 0 Å². The van der Waals surface area contributed by atoms with Crippen LogP contribution in [-0.4, -0.2) is 11.8 Å². The van der Waals surface area contributed by atoms with E-state index >= 15 is 0 Å². The number of carbonyl (C=O) groups is 2. The Morgan fingerprint density at radius 1 is 0.964 bits per heavy atom. The first kappa shape index (κ1) is 20.0. The van der Waals surface area contributed by atoms with E-state index < -0.39 is 0 Å². The molecule has 4 nitrogen and oxygen atoms in total. The third-order valence-corrected chi connectivity index (χ3v) is 5.23. The van der Waals surface area contributed by atoms with Crippen molar-refractivity contribution in [1.29, 1.82) is 0 Å². The molecule has 3 rings (SSSR count). The molecule has 28 heavy (non-hydrogen) atoms. The summed E-state index contributed by atoms with van der Waals surface area (Å²) in [5.74, 6) is -0.390. The van der Waals surface area contributed by atoms with Gasteiger partial charge >= 0.3 is 0 Å². The molecular formula is C22H19ClN2O2S. The number of carbonyl (C=O) groups excluding carboxylic acids is 2. The second kappa shape index (κ2) is 9.44. The van der Waals surface area contributed by atoms with E-state index in [1.54, 1.807) is 12.1 Å². The van der Waals surface area contributed by atoms with Gasteiger partial charge in [0.1, 0.15) is 0 Å². The van der Waals surface area contributed by atoms with E-state index in [9.17, 15) is 9.59 Å². The maximum absolute atomic E-state index is 12.5. The molecule has 0 heterocycles. The highest BCUT2D eigenvalue weighted by Gasteiger charge is 2.12. The largest absolute Gasteiger partial charge is 0.348 e. The van der Waals surface area contributed by atoms with Gasteiger partial charge in [0.15, 0.2) is 0 Å². The fourth-order valence-corrected chi connectivity index (χ4v) is 3.57. The van der Waals surface area contributed by atoms with Crippen LogP contribution in [0.2, 0.25) is 5.02 Å². The number of anilines is 1. The van der Waals surface area contributed by atoms with Gasteiger partial charge in [0.25, 0.3) is 5.91 Å². The lowest BCUT2D eigenvalue weighted by molar-refractivity contribution is -0.114. The number of amides is 2. The van der Waals surface area contributed by atoms with Gasteiger partial charge in [-0.3, -0.25) is 9.59 Å². The maximum atomic E-state index is 12.5. The Kier molecular flexibility index (Phi) is 6.74. The van der Waals surface area contributed by atoms with Crippen molar-refractivity contribution in [2.45, 2.75) is 23.3 Å². The van der Waals surface area contributed by atoms with Crippen LogP contribution in [0.4, 0.5) is 5.69 Å². The number of hydrogen-bond donors (Lipinski definition) is 2. The Hall–Kier alpha value is -2.76. The first-order valence-electron chi connectivity index (χ1n) is 8.68. The highest BCUT2D eigenvalue weighted by atomic mass is 35.5. The second-order valence-corrected chi connectivity index (χ2v) is 7.67. The van der Waals surface area contributed by atoms with Gasteiger partial charge < -0.3 is 10.6 Å². The van der Waals surface area contributed by atoms with Gasteiger partial charge in [0.05, 0.1) is 5.69 Å². The summed E-state index contributed by atoms with van der Waals surface area (Å²) >= 11 is 7.42. The molecular weight excluding hydrogens is 392 g/mol. The third kappa shape index (κ3) is 5.62. The average molecular weight is 411 g/mol. The normalized spacial score (nSPS) is 10.4. The predicted octanol–water partition coefficient (Wildman–Crippen LogP) is 5.38. The second-order valence-electron chi connectivity index (χ2n) is 6.12. The monoisotopic (exact) mass is 410 g/mol. The molecule has 0 atom stereocenters. The van der Waals surface area contributed by atoms with Crippen molar-refractivity contribution < 1.29 is 9.59 Å². The first-order valence-corrected chi connectivity index (χ1v) is 9.88. The number of nitrogens with one attached hydrogen (secondary N) is 2. The summed E-state index contributed by atoms with van der Waals surface area (Å²) in [6.45, 7) is 1.88. The molecule has 0 aliphatic carbocycles. The minimum absolute atomic E-state index is 0.195. The molecule has 0 aromatic heterocycles. The van der Waals surface area contributed by atoms with Crippen LogP contribution in [0, 0.1) is 0 Å². The van der Waals surface area contributed by atoms with Gasteiger partial charge in [0, 0.05) is 33.8 Å². The summed E-state index contributed by atoms with van der Waals surface area (Å²) in [6.07, 6.45) is 0. The molecule has 3 aromatic carbocycles. The lowest BCUT2D eigenvalue weighted by atomic mass is 10.1. The Morgan fingerprint density at radius 3 is 2.36 bits per heavy atom. The van der Waals surface area contributed by atoms with Crippen LogP contribution in [0.3, 0.4) is 0 Å². The zero-order valence-corrected chi connectivity index (χ0v) is 16.8. The minimum Gasteiger partial charge on any atom is -0.348 e. The van der Waals surface area contributed by atoms with Gasteiger partial charge in [-0.05, 0) is 48.0 Å². The Labute approximate surface area is 173 Å². The standard InChI is InChI=1S/C22H19ClN2O2S/c1-15(26)25-20-13-17(22(27)24-14-16-5-3-2-4-6-16)7-12-21(20)28-19-10-8-18(23)9-11-19/h2-13H,14H2,1H3,(H,24,27)(H,25,26). The van der Waals surface area contributed by atoms with Gasteiger partial charge in [-0.1, -0.05) is 53.7 Å². The van der Waals surface area contributed by atoms with Crippen molar-refractivity contribution in [3.8, 4) is 0 Å². The van der Waals surface area contributed by atoms with Crippen LogP contribution >= 0.6 is 23.4 Å². The molecule has 0 bridgehead atoms. The van der Waals surface area contributed by atoms with Crippen molar-refractivity contribution >= 4 is 40.9 Å². The molecule has 0 radical (unpaired) electrons. The van der Waals surface area contributed by atoms with Crippen molar-refractivity contribution in [1.82, 2.24) is 5.32 Å². The molecule has 0 spiro atoms. The van der Waals surface area contributed by atoms with E-state index in [1.807, 2.05) is 60.7 Å². The summed E-state index contributed by atoms with van der Waals surface area (Å²) < 4.78 is 0. The van der Waals surface area contributed by atoms with Crippen LogP contribution in [0.25, 0.3) is 0 Å². The van der Waals surface area contributed by atoms with E-state index in [0.717, 1.165) is 15.4 Å². The van der Waals surface area contributed by atoms with E-state index in [0.29, 0.717) is 22.8 Å². The summed E-state index contributed by atoms with van der Waals surface area (Å²) in [7, 11) is 0. The molecule has 6 heteroatoms. The van der Waals surface area contributed by atoms with Crippen LogP contribution in [0.1, 0.15) is 22.8 Å². The maximum Gasteiger partial charge on any atom is 0.251 e. The Morgan fingerprint density at radius 2 is 1.68 bits per heavy atom. The third-order valence-electron chi connectivity index (χ3n) is 3.89. The van der Waals surface area contributed by atoms with Gasteiger partial charge in [-0.15, -0.1) is 0 Å². The van der Waals surface area contributed by atoms with Gasteiger partial charge in [-0.2, -0.15) is 0 Å². The summed E-state index contributed by atoms with van der Waals surface area (Å²) in [6, 6.07) is 22.4. The quantitative estimate of drug-likeness (QED) is 0.573. The topological polar surface area (TPSA) is 58.2 Å². The molecule has 0 saturated carbocycles. The van der Waals surface area contributed by atoms with Gasteiger partial charge in [-0.25, -0.2) is 0 Å². The Bertz CT molecular complexity index is 976. The van der Waals surface area contributed by atoms with E-state index in [2.05, 4.69) is 10.6 Å². The number of benzene rings is 3. The molecule has 3 aromatic rings. The van der Waals surface area contributed by atoms with E-state index in [1.165, 1.54) is 18.7 Å².